The number of anilines is 1. The fourth-order valence-electron chi connectivity index (χ4n) is 5.18. The Kier molecular flexibility index (Phi) is 5.47. The summed E-state index contributed by atoms with van der Waals surface area (Å²) in [6.45, 7) is 7.63. The van der Waals surface area contributed by atoms with E-state index < -0.39 is 0 Å². The zero-order valence-electron chi connectivity index (χ0n) is 19.7. The number of nitrogens with zero attached hydrogens (tertiary/aromatic N) is 3. The van der Waals surface area contributed by atoms with E-state index in [2.05, 4.69) is 29.1 Å². The highest BCUT2D eigenvalue weighted by atomic mass is 32.1. The highest BCUT2D eigenvalue weighted by molar-refractivity contribution is 7.12. The molecule has 1 spiro atoms. The van der Waals surface area contributed by atoms with Gasteiger partial charge in [0.05, 0.1) is 10.5 Å². The van der Waals surface area contributed by atoms with Crippen LogP contribution in [-0.4, -0.2) is 46.7 Å². The van der Waals surface area contributed by atoms with Gasteiger partial charge in [-0.25, -0.2) is 9.97 Å². The number of ketones is 1. The molecule has 5 rings (SSSR count). The molecule has 0 unspecified atom stereocenters. The molecule has 0 radical (unpaired) electrons. The number of amides is 1. The Morgan fingerprint density at radius 1 is 1.15 bits per heavy atom. The molecule has 1 aliphatic carbocycles. The van der Waals surface area contributed by atoms with Gasteiger partial charge in [-0.1, -0.05) is 13.8 Å². The van der Waals surface area contributed by atoms with E-state index in [4.69, 9.17) is 0 Å². The van der Waals surface area contributed by atoms with Gasteiger partial charge in [-0.2, -0.15) is 0 Å². The lowest BCUT2D eigenvalue weighted by atomic mass is 9.68. The maximum atomic E-state index is 13.4. The monoisotopic (exact) mass is 462 g/mol. The summed E-state index contributed by atoms with van der Waals surface area (Å²) in [6.07, 6.45) is 3.17. The topological polar surface area (TPSA) is 75.2 Å². The van der Waals surface area contributed by atoms with Gasteiger partial charge >= 0.3 is 0 Å². The number of thiazole rings is 1. The van der Waals surface area contributed by atoms with Gasteiger partial charge in [-0.15, -0.1) is 11.3 Å². The second kappa shape index (κ2) is 8.20. The third-order valence-corrected chi connectivity index (χ3v) is 8.53. The molecule has 2 aliphatic rings. The molecular weight excluding hydrogens is 432 g/mol. The average Bonchev–Trinajstić information content (AvgIpc) is 3.23. The molecule has 0 bridgehead atoms. The number of likely N-dealkylation sites (tertiary alicyclic amines) is 1. The van der Waals surface area contributed by atoms with Crippen LogP contribution in [0, 0.1) is 12.3 Å². The van der Waals surface area contributed by atoms with E-state index in [0.29, 0.717) is 36.7 Å². The zero-order chi connectivity index (χ0) is 23.3. The van der Waals surface area contributed by atoms with Gasteiger partial charge in [-0.05, 0) is 61.4 Å². The molecule has 3 heterocycles. The molecule has 1 N–H and O–H groups in total. The molecule has 3 aromatic rings. The first-order chi connectivity index (χ1) is 15.8. The van der Waals surface area contributed by atoms with Crippen LogP contribution in [-0.2, 0) is 6.42 Å². The van der Waals surface area contributed by atoms with Crippen molar-refractivity contribution in [3.05, 3.63) is 51.0 Å². The molecule has 1 aliphatic heterocycles. The molecule has 1 aromatic carbocycles. The first-order valence-corrected chi connectivity index (χ1v) is 12.5. The summed E-state index contributed by atoms with van der Waals surface area (Å²) < 4.78 is 0. The van der Waals surface area contributed by atoms with E-state index in [0.717, 1.165) is 51.4 Å². The molecule has 172 valence electrons. The third-order valence-electron chi connectivity index (χ3n) is 7.17. The van der Waals surface area contributed by atoms with E-state index in [9.17, 15) is 9.59 Å². The number of benzene rings is 1. The summed E-state index contributed by atoms with van der Waals surface area (Å²) in [5.74, 6) is 1.36. The van der Waals surface area contributed by atoms with Crippen molar-refractivity contribution >= 4 is 39.7 Å². The summed E-state index contributed by atoms with van der Waals surface area (Å²) in [5, 5.41) is 5.18. The first kappa shape index (κ1) is 22.0. The van der Waals surface area contributed by atoms with Gasteiger partial charge < -0.3 is 10.2 Å². The van der Waals surface area contributed by atoms with Gasteiger partial charge in [0.15, 0.2) is 5.78 Å². The molecule has 1 saturated heterocycles. The summed E-state index contributed by atoms with van der Waals surface area (Å²) in [6, 6.07) is 7.86. The molecule has 33 heavy (non-hydrogen) atoms. The number of rotatable bonds is 3. The number of aromatic nitrogens is 2. The number of aryl methyl sites for hydroxylation is 1. The van der Waals surface area contributed by atoms with Crippen LogP contribution in [0.25, 0.3) is 10.9 Å². The first-order valence-electron chi connectivity index (χ1n) is 11.7. The minimum atomic E-state index is -0.0375. The number of Topliss-reactive ketones (excluding diaryl/α,β-unsaturated/α-hetero) is 1. The van der Waals surface area contributed by atoms with Crippen LogP contribution >= 0.6 is 11.3 Å². The van der Waals surface area contributed by atoms with Crippen molar-refractivity contribution in [3.63, 3.8) is 0 Å². The van der Waals surface area contributed by atoms with Crippen LogP contribution in [0.1, 0.15) is 75.3 Å². The summed E-state index contributed by atoms with van der Waals surface area (Å²) in [4.78, 5) is 38.6. The van der Waals surface area contributed by atoms with E-state index in [1.54, 1.807) is 11.3 Å². The van der Waals surface area contributed by atoms with Crippen LogP contribution in [0.15, 0.2) is 24.3 Å². The smallest absolute Gasteiger partial charge is 0.253 e. The maximum absolute atomic E-state index is 13.4. The van der Waals surface area contributed by atoms with E-state index >= 15 is 0 Å². The summed E-state index contributed by atoms with van der Waals surface area (Å²) in [7, 11) is 1.84. The van der Waals surface area contributed by atoms with Crippen LogP contribution in [0.3, 0.4) is 0 Å². The van der Waals surface area contributed by atoms with Crippen molar-refractivity contribution in [2.75, 3.05) is 25.5 Å². The third kappa shape index (κ3) is 3.92. The maximum Gasteiger partial charge on any atom is 0.253 e. The lowest BCUT2D eigenvalue weighted by molar-refractivity contribution is 0.0522. The number of pyridine rings is 1. The number of carbonyl (C=O) groups is 2. The number of hydrogen-bond donors (Lipinski definition) is 1. The second-order valence-electron chi connectivity index (χ2n) is 9.85. The highest BCUT2D eigenvalue weighted by Crippen LogP contribution is 2.45. The summed E-state index contributed by atoms with van der Waals surface area (Å²) >= 11 is 1.70. The fraction of sp³-hybridized carbons (Fsp3) is 0.462. The number of piperidine rings is 1. The zero-order valence-corrected chi connectivity index (χ0v) is 20.5. The minimum Gasteiger partial charge on any atom is -0.373 e. The lowest BCUT2D eigenvalue weighted by Gasteiger charge is -2.43. The Morgan fingerprint density at radius 3 is 2.61 bits per heavy atom. The van der Waals surface area contributed by atoms with Gasteiger partial charge in [0.25, 0.3) is 5.91 Å². The average molecular weight is 463 g/mol. The van der Waals surface area contributed by atoms with Crippen LogP contribution in [0.4, 0.5) is 5.82 Å². The Bertz CT molecular complexity index is 1250. The van der Waals surface area contributed by atoms with E-state index in [1.807, 2.05) is 43.1 Å². The predicted molar refractivity (Wildman–Crippen MR) is 132 cm³/mol. The molecular formula is C26H30N4O2S. The fourth-order valence-corrected chi connectivity index (χ4v) is 6.44. The summed E-state index contributed by atoms with van der Waals surface area (Å²) in [5.41, 5.74) is 3.23. The van der Waals surface area contributed by atoms with Crippen molar-refractivity contribution < 1.29 is 9.59 Å². The van der Waals surface area contributed by atoms with Gasteiger partial charge in [0.2, 0.25) is 0 Å². The van der Waals surface area contributed by atoms with Gasteiger partial charge in [0.1, 0.15) is 11.5 Å². The largest absolute Gasteiger partial charge is 0.373 e. The van der Waals surface area contributed by atoms with Crippen molar-refractivity contribution in [2.24, 2.45) is 5.41 Å². The van der Waals surface area contributed by atoms with Crippen molar-refractivity contribution in [1.29, 1.82) is 0 Å². The van der Waals surface area contributed by atoms with E-state index in [1.165, 1.54) is 0 Å². The minimum absolute atomic E-state index is 0.0375. The van der Waals surface area contributed by atoms with Crippen LogP contribution in [0.5, 0.6) is 0 Å². The lowest BCUT2D eigenvalue weighted by Crippen LogP contribution is -2.46. The Hall–Kier alpha value is -2.80. The second-order valence-corrected chi connectivity index (χ2v) is 11.0. The number of fused-ring (bicyclic) bond motifs is 2. The molecule has 2 aromatic heterocycles. The molecule has 7 heteroatoms. The molecule has 1 fully saturated rings. The van der Waals surface area contributed by atoms with Crippen molar-refractivity contribution in [2.45, 2.75) is 52.4 Å². The van der Waals surface area contributed by atoms with Crippen molar-refractivity contribution in [3.8, 4) is 0 Å². The SMILES string of the molecule is CNc1ccc2c(C)cc(C(=O)N3CCC4(CC3)CC(=O)c3nc(C(C)C)sc3C4)cc2n1. The Labute approximate surface area is 198 Å². The molecule has 1 amide bonds. The number of carbonyl (C=O) groups excluding carboxylic acids is 2. The molecule has 0 saturated carbocycles. The standard InChI is InChI=1S/C26H30N4O2S/c1-15(2)24-29-23-20(31)13-26(14-21(23)33-24)7-9-30(10-8-26)25(32)17-11-16(3)18-5-6-22(27-4)28-19(18)12-17/h5-6,11-12,15H,7-10,13-14H2,1-4H3,(H,27,28). The number of hydrogen-bond acceptors (Lipinski definition) is 6. The highest BCUT2D eigenvalue weighted by Gasteiger charge is 2.43. The Morgan fingerprint density at radius 2 is 1.91 bits per heavy atom. The van der Waals surface area contributed by atoms with Crippen molar-refractivity contribution in [1.82, 2.24) is 14.9 Å². The van der Waals surface area contributed by atoms with Gasteiger partial charge in [0, 0.05) is 48.3 Å². The van der Waals surface area contributed by atoms with E-state index in [-0.39, 0.29) is 17.1 Å². The normalized spacial score (nSPS) is 17.6. The molecule has 6 nitrogen and oxygen atoms in total. The molecule has 0 atom stereocenters. The predicted octanol–water partition coefficient (Wildman–Crippen LogP) is 5.22. The van der Waals surface area contributed by atoms with Crippen LogP contribution in [0.2, 0.25) is 0 Å². The van der Waals surface area contributed by atoms with Gasteiger partial charge in [-0.3, -0.25) is 9.59 Å². The van der Waals surface area contributed by atoms with Crippen LogP contribution < -0.4 is 5.32 Å². The Balaban J connectivity index is 1.34. The number of nitrogens with one attached hydrogen (secondary N) is 1. The quantitative estimate of drug-likeness (QED) is 0.578.